The van der Waals surface area contributed by atoms with Gasteiger partial charge in [-0.15, -0.1) is 0 Å². The molecule has 1 aliphatic heterocycles. The Morgan fingerprint density at radius 3 is 2.85 bits per heavy atom. The van der Waals surface area contributed by atoms with Crippen LogP contribution in [0.1, 0.15) is 17.7 Å². The molecular formula is C10H11N3. The molecule has 0 bridgehead atoms. The van der Waals surface area contributed by atoms with Crippen molar-refractivity contribution >= 4 is 5.69 Å². The van der Waals surface area contributed by atoms with E-state index in [1.54, 1.807) is 6.20 Å². The molecule has 1 aromatic rings. The molecule has 3 heteroatoms. The van der Waals surface area contributed by atoms with Crippen molar-refractivity contribution in [3.8, 4) is 6.07 Å². The fourth-order valence-electron chi connectivity index (χ4n) is 1.45. The Balaban J connectivity index is 2.41. The first-order valence-electron chi connectivity index (χ1n) is 4.43. The fourth-order valence-corrected chi connectivity index (χ4v) is 1.45. The molecule has 0 amide bonds. The van der Waals surface area contributed by atoms with Crippen LogP contribution in [0.2, 0.25) is 0 Å². The van der Waals surface area contributed by atoms with E-state index in [2.05, 4.69) is 16.0 Å². The summed E-state index contributed by atoms with van der Waals surface area (Å²) in [5.41, 5.74) is 2.70. The molecule has 1 fully saturated rings. The quantitative estimate of drug-likeness (QED) is 0.645. The number of aryl methyl sites for hydroxylation is 1. The average molecular weight is 173 g/mol. The van der Waals surface area contributed by atoms with E-state index in [0.29, 0.717) is 5.56 Å². The molecule has 1 saturated heterocycles. The summed E-state index contributed by atoms with van der Waals surface area (Å²) in [6, 6.07) is 4.15. The molecular weight excluding hydrogens is 162 g/mol. The van der Waals surface area contributed by atoms with E-state index in [1.807, 2.05) is 13.0 Å². The summed E-state index contributed by atoms with van der Waals surface area (Å²) in [4.78, 5) is 6.32. The second-order valence-corrected chi connectivity index (χ2v) is 3.30. The molecule has 0 atom stereocenters. The minimum Gasteiger partial charge on any atom is -0.370 e. The van der Waals surface area contributed by atoms with Crippen LogP contribution in [-0.2, 0) is 0 Å². The summed E-state index contributed by atoms with van der Waals surface area (Å²) in [6.07, 6.45) is 2.88. The van der Waals surface area contributed by atoms with Crippen LogP contribution in [0, 0.1) is 18.3 Å². The van der Waals surface area contributed by atoms with Crippen LogP contribution in [0.15, 0.2) is 12.3 Å². The van der Waals surface area contributed by atoms with Gasteiger partial charge in [0.25, 0.3) is 0 Å². The molecule has 1 aromatic heterocycles. The Morgan fingerprint density at radius 2 is 2.31 bits per heavy atom. The van der Waals surface area contributed by atoms with Gasteiger partial charge in [-0.3, -0.25) is 4.98 Å². The van der Waals surface area contributed by atoms with Gasteiger partial charge >= 0.3 is 0 Å². The second kappa shape index (κ2) is 3.06. The third-order valence-electron chi connectivity index (χ3n) is 2.34. The van der Waals surface area contributed by atoms with E-state index in [9.17, 15) is 0 Å². The molecule has 2 rings (SSSR count). The number of aromatic nitrogens is 1. The lowest BCUT2D eigenvalue weighted by atomic mass is 10.1. The minimum atomic E-state index is 0.685. The molecule has 0 radical (unpaired) electrons. The predicted octanol–water partition coefficient (Wildman–Crippen LogP) is 1.47. The molecule has 1 aliphatic rings. The van der Waals surface area contributed by atoms with Crippen LogP contribution in [0.5, 0.6) is 0 Å². The molecule has 0 aliphatic carbocycles. The van der Waals surface area contributed by atoms with Gasteiger partial charge in [0.2, 0.25) is 0 Å². The van der Waals surface area contributed by atoms with Crippen molar-refractivity contribution in [3.63, 3.8) is 0 Å². The zero-order valence-corrected chi connectivity index (χ0v) is 7.62. The van der Waals surface area contributed by atoms with Gasteiger partial charge in [-0.1, -0.05) is 0 Å². The first-order chi connectivity index (χ1) is 6.31. The highest BCUT2D eigenvalue weighted by atomic mass is 15.2. The van der Waals surface area contributed by atoms with E-state index >= 15 is 0 Å². The van der Waals surface area contributed by atoms with Crippen LogP contribution in [0.25, 0.3) is 0 Å². The number of nitriles is 1. The van der Waals surface area contributed by atoms with Crippen LogP contribution < -0.4 is 4.90 Å². The van der Waals surface area contributed by atoms with Crippen molar-refractivity contribution in [2.75, 3.05) is 18.0 Å². The standard InChI is InChI=1S/C10H11N3/c1-8-5-10(13-3-2-4-13)9(6-11)7-12-8/h5,7H,2-4H2,1H3. The largest absolute Gasteiger partial charge is 0.370 e. The van der Waals surface area contributed by atoms with Gasteiger partial charge in [0.1, 0.15) is 6.07 Å². The fraction of sp³-hybridized carbons (Fsp3) is 0.400. The van der Waals surface area contributed by atoms with Crippen molar-refractivity contribution in [1.82, 2.24) is 4.98 Å². The second-order valence-electron chi connectivity index (χ2n) is 3.30. The smallest absolute Gasteiger partial charge is 0.103 e. The normalized spacial score (nSPS) is 14.9. The zero-order valence-electron chi connectivity index (χ0n) is 7.62. The average Bonchev–Trinajstić information content (AvgIpc) is 2.02. The lowest BCUT2D eigenvalue weighted by Crippen LogP contribution is -2.37. The summed E-state index contributed by atoms with van der Waals surface area (Å²) in [7, 11) is 0. The Kier molecular flexibility index (Phi) is 1.90. The highest BCUT2D eigenvalue weighted by molar-refractivity contribution is 5.60. The molecule has 3 nitrogen and oxygen atoms in total. The molecule has 0 N–H and O–H groups in total. The van der Waals surface area contributed by atoms with Crippen molar-refractivity contribution in [1.29, 1.82) is 5.26 Å². The van der Waals surface area contributed by atoms with Gasteiger partial charge < -0.3 is 4.90 Å². The predicted molar refractivity (Wildman–Crippen MR) is 50.5 cm³/mol. The monoisotopic (exact) mass is 173 g/mol. The first kappa shape index (κ1) is 8.06. The van der Waals surface area contributed by atoms with E-state index in [4.69, 9.17) is 5.26 Å². The molecule has 13 heavy (non-hydrogen) atoms. The maximum Gasteiger partial charge on any atom is 0.103 e. The van der Waals surface area contributed by atoms with Crippen LogP contribution in [0.4, 0.5) is 5.69 Å². The van der Waals surface area contributed by atoms with E-state index in [1.165, 1.54) is 6.42 Å². The summed E-state index contributed by atoms with van der Waals surface area (Å²) >= 11 is 0. The first-order valence-corrected chi connectivity index (χ1v) is 4.43. The van der Waals surface area contributed by atoms with Crippen LogP contribution in [-0.4, -0.2) is 18.1 Å². The van der Waals surface area contributed by atoms with Gasteiger partial charge in [0, 0.05) is 25.0 Å². The van der Waals surface area contributed by atoms with Crippen molar-refractivity contribution in [2.24, 2.45) is 0 Å². The molecule has 0 spiro atoms. The third kappa shape index (κ3) is 1.35. The summed E-state index contributed by atoms with van der Waals surface area (Å²) < 4.78 is 0. The van der Waals surface area contributed by atoms with Gasteiger partial charge in [-0.2, -0.15) is 5.26 Å². The molecule has 0 unspecified atom stereocenters. The highest BCUT2D eigenvalue weighted by Gasteiger charge is 2.17. The maximum absolute atomic E-state index is 8.86. The number of hydrogen-bond donors (Lipinski definition) is 0. The Bertz CT molecular complexity index is 361. The zero-order chi connectivity index (χ0) is 9.26. The van der Waals surface area contributed by atoms with Gasteiger partial charge in [-0.25, -0.2) is 0 Å². The lowest BCUT2D eigenvalue weighted by molar-refractivity contribution is 0.616. The number of nitrogens with zero attached hydrogens (tertiary/aromatic N) is 3. The van der Waals surface area contributed by atoms with Crippen molar-refractivity contribution in [2.45, 2.75) is 13.3 Å². The van der Waals surface area contributed by atoms with E-state index < -0.39 is 0 Å². The molecule has 0 aromatic carbocycles. The maximum atomic E-state index is 8.86. The van der Waals surface area contributed by atoms with Crippen molar-refractivity contribution in [3.05, 3.63) is 23.5 Å². The van der Waals surface area contributed by atoms with E-state index in [-0.39, 0.29) is 0 Å². The van der Waals surface area contributed by atoms with Gasteiger partial charge in [0.05, 0.1) is 11.3 Å². The Labute approximate surface area is 77.6 Å². The topological polar surface area (TPSA) is 39.9 Å². The number of hydrogen-bond acceptors (Lipinski definition) is 3. The van der Waals surface area contributed by atoms with Crippen molar-refractivity contribution < 1.29 is 0 Å². The van der Waals surface area contributed by atoms with Gasteiger partial charge in [0.15, 0.2) is 0 Å². The number of anilines is 1. The van der Waals surface area contributed by atoms with Crippen LogP contribution >= 0.6 is 0 Å². The lowest BCUT2D eigenvalue weighted by Gasteiger charge is -2.33. The summed E-state index contributed by atoms with van der Waals surface area (Å²) in [6.45, 7) is 4.08. The Morgan fingerprint density at radius 1 is 1.54 bits per heavy atom. The number of rotatable bonds is 1. The third-order valence-corrected chi connectivity index (χ3v) is 2.34. The van der Waals surface area contributed by atoms with E-state index in [0.717, 1.165) is 24.5 Å². The SMILES string of the molecule is Cc1cc(N2CCC2)c(C#N)cn1. The summed E-state index contributed by atoms with van der Waals surface area (Å²) in [5.74, 6) is 0. The number of pyridine rings is 1. The highest BCUT2D eigenvalue weighted by Crippen LogP contribution is 2.24. The van der Waals surface area contributed by atoms with Gasteiger partial charge in [-0.05, 0) is 19.4 Å². The van der Waals surface area contributed by atoms with Crippen LogP contribution in [0.3, 0.4) is 0 Å². The molecule has 0 saturated carbocycles. The summed E-state index contributed by atoms with van der Waals surface area (Å²) in [5, 5.41) is 8.86. The molecule has 66 valence electrons. The molecule has 2 heterocycles. The Hall–Kier alpha value is -1.56. The minimum absolute atomic E-state index is 0.685.